The lowest BCUT2D eigenvalue weighted by Gasteiger charge is -2.10. The molecule has 6 nitrogen and oxygen atoms in total. The van der Waals surface area contributed by atoms with Gasteiger partial charge in [0.1, 0.15) is 5.82 Å². The Balaban J connectivity index is 2.12. The summed E-state index contributed by atoms with van der Waals surface area (Å²) in [6, 6.07) is 7.09. The first-order valence-electron chi connectivity index (χ1n) is 6.28. The van der Waals surface area contributed by atoms with Gasteiger partial charge in [-0.15, -0.1) is 0 Å². The number of nitrogens with zero attached hydrogens (tertiary/aromatic N) is 1. The number of carbonyl (C=O) groups excluding carboxylic acids is 1. The highest BCUT2D eigenvalue weighted by atomic mass is 35.5. The third-order valence-electron chi connectivity index (χ3n) is 2.76. The molecule has 2 aromatic carbocycles. The number of amides is 1. The minimum Gasteiger partial charge on any atom is -0.330 e. The van der Waals surface area contributed by atoms with Gasteiger partial charge in [-0.1, -0.05) is 23.2 Å². The number of nitrogens with one attached hydrogen (secondary N) is 2. The van der Waals surface area contributed by atoms with Gasteiger partial charge in [0.05, 0.1) is 10.6 Å². The summed E-state index contributed by atoms with van der Waals surface area (Å²) in [6.07, 6.45) is 0. The number of carbonyl (C=O) groups is 1. The van der Waals surface area contributed by atoms with E-state index in [9.17, 15) is 19.3 Å². The molecule has 0 saturated heterocycles. The second kappa shape index (κ2) is 7.52. The monoisotopic (exact) mass is 387 g/mol. The molecule has 0 spiro atoms. The summed E-state index contributed by atoms with van der Waals surface area (Å²) in [7, 11) is 0. The Hall–Kier alpha value is -2.29. The van der Waals surface area contributed by atoms with Gasteiger partial charge in [0.15, 0.2) is 5.11 Å². The molecule has 0 aliphatic rings. The van der Waals surface area contributed by atoms with Crippen molar-refractivity contribution in [2.75, 3.05) is 5.32 Å². The lowest BCUT2D eigenvalue weighted by atomic mass is 10.2. The van der Waals surface area contributed by atoms with Gasteiger partial charge in [-0.25, -0.2) is 4.39 Å². The van der Waals surface area contributed by atoms with Gasteiger partial charge >= 0.3 is 0 Å². The van der Waals surface area contributed by atoms with Gasteiger partial charge in [0.2, 0.25) is 0 Å². The summed E-state index contributed by atoms with van der Waals surface area (Å²) in [5.41, 5.74) is -0.413. The fraction of sp³-hybridized carbons (Fsp3) is 0. The maximum Gasteiger partial charge on any atom is 0.271 e. The Bertz CT molecular complexity index is 828. The molecular weight excluding hydrogens is 380 g/mol. The van der Waals surface area contributed by atoms with Crippen LogP contribution in [0.5, 0.6) is 0 Å². The van der Waals surface area contributed by atoms with E-state index in [4.69, 9.17) is 35.4 Å². The van der Waals surface area contributed by atoms with Gasteiger partial charge in [-0.3, -0.25) is 20.2 Å². The molecule has 0 radical (unpaired) electrons. The standard InChI is InChI=1S/C14H8Cl2FN3O3S/c15-8-3-7(4-9(16)5-8)13(21)19-14(24)18-12-6-10(20(22)23)1-2-11(12)17/h1-6H,(H2,18,19,21,24). The van der Waals surface area contributed by atoms with Crippen molar-refractivity contribution in [3.05, 3.63) is 67.9 Å². The fourth-order valence-corrected chi connectivity index (χ4v) is 2.47. The topological polar surface area (TPSA) is 84.3 Å². The number of nitro benzene ring substituents is 1. The molecule has 0 aliphatic carbocycles. The van der Waals surface area contributed by atoms with Crippen LogP contribution in [0.2, 0.25) is 10.0 Å². The molecule has 124 valence electrons. The molecule has 0 bridgehead atoms. The van der Waals surface area contributed by atoms with Crippen LogP contribution in [0.25, 0.3) is 0 Å². The molecule has 2 N–H and O–H groups in total. The van der Waals surface area contributed by atoms with Crippen LogP contribution in [0.3, 0.4) is 0 Å². The SMILES string of the molecule is O=C(NC(=S)Nc1cc([N+](=O)[O-])ccc1F)c1cc(Cl)cc(Cl)c1. The molecule has 0 unspecified atom stereocenters. The van der Waals surface area contributed by atoms with E-state index >= 15 is 0 Å². The molecule has 2 aromatic rings. The first-order chi connectivity index (χ1) is 11.3. The lowest BCUT2D eigenvalue weighted by molar-refractivity contribution is -0.384. The average molecular weight is 388 g/mol. The Morgan fingerprint density at radius 2 is 1.79 bits per heavy atom. The second-order valence-corrected chi connectivity index (χ2v) is 5.77. The van der Waals surface area contributed by atoms with Crippen molar-refractivity contribution in [1.29, 1.82) is 0 Å². The highest BCUT2D eigenvalue weighted by Gasteiger charge is 2.14. The van der Waals surface area contributed by atoms with Crippen molar-refractivity contribution in [2.24, 2.45) is 0 Å². The number of halogens is 3. The van der Waals surface area contributed by atoms with Gasteiger partial charge in [0.25, 0.3) is 11.6 Å². The van der Waals surface area contributed by atoms with Gasteiger partial charge in [0, 0.05) is 27.7 Å². The summed E-state index contributed by atoms with van der Waals surface area (Å²) in [5.74, 6) is -1.38. The van der Waals surface area contributed by atoms with Gasteiger partial charge < -0.3 is 5.32 Å². The Morgan fingerprint density at radius 1 is 1.17 bits per heavy atom. The molecule has 10 heteroatoms. The zero-order valence-corrected chi connectivity index (χ0v) is 14.0. The number of rotatable bonds is 3. The summed E-state index contributed by atoms with van der Waals surface area (Å²) in [6.45, 7) is 0. The van der Waals surface area contributed by atoms with Crippen LogP contribution in [0, 0.1) is 15.9 Å². The maximum absolute atomic E-state index is 13.7. The Labute approximate surface area is 150 Å². The Morgan fingerprint density at radius 3 is 2.38 bits per heavy atom. The number of non-ortho nitro benzene ring substituents is 1. The largest absolute Gasteiger partial charge is 0.330 e. The van der Waals surface area contributed by atoms with E-state index in [1.807, 2.05) is 0 Å². The van der Waals surface area contributed by atoms with E-state index in [2.05, 4.69) is 10.6 Å². The third kappa shape index (κ3) is 4.60. The molecule has 0 aliphatic heterocycles. The average Bonchev–Trinajstić information content (AvgIpc) is 2.48. The van der Waals surface area contributed by atoms with Crippen molar-refractivity contribution in [3.8, 4) is 0 Å². The number of nitro groups is 1. The molecule has 0 heterocycles. The number of hydrogen-bond acceptors (Lipinski definition) is 4. The highest BCUT2D eigenvalue weighted by Crippen LogP contribution is 2.21. The molecule has 1 amide bonds. The number of thiocarbonyl (C=S) groups is 1. The van der Waals surface area contributed by atoms with Gasteiger partial charge in [-0.05, 0) is 36.5 Å². The van der Waals surface area contributed by atoms with Crippen LogP contribution in [0.15, 0.2) is 36.4 Å². The Kier molecular flexibility index (Phi) is 5.66. The molecule has 0 saturated carbocycles. The predicted octanol–water partition coefficient (Wildman–Crippen LogP) is 4.17. The lowest BCUT2D eigenvalue weighted by Crippen LogP contribution is -2.34. The summed E-state index contributed by atoms with van der Waals surface area (Å²) in [5, 5.41) is 15.7. The quantitative estimate of drug-likeness (QED) is 0.469. The third-order valence-corrected chi connectivity index (χ3v) is 3.40. The smallest absolute Gasteiger partial charge is 0.271 e. The fourth-order valence-electron chi connectivity index (χ4n) is 1.74. The van der Waals surface area contributed by atoms with E-state index in [1.54, 1.807) is 0 Å². The van der Waals surface area contributed by atoms with Crippen molar-refractivity contribution >= 4 is 57.8 Å². The minimum atomic E-state index is -0.761. The van der Waals surface area contributed by atoms with E-state index < -0.39 is 16.6 Å². The number of benzene rings is 2. The zero-order chi connectivity index (χ0) is 17.9. The van der Waals surface area contributed by atoms with Crippen LogP contribution >= 0.6 is 35.4 Å². The first kappa shape index (κ1) is 18.1. The van der Waals surface area contributed by atoms with Crippen LogP contribution in [0.1, 0.15) is 10.4 Å². The van der Waals surface area contributed by atoms with Crippen molar-refractivity contribution < 1.29 is 14.1 Å². The van der Waals surface area contributed by atoms with Crippen LogP contribution in [-0.2, 0) is 0 Å². The van der Waals surface area contributed by atoms with Crippen LogP contribution in [0.4, 0.5) is 15.8 Å². The van der Waals surface area contributed by atoms with Gasteiger partial charge in [-0.2, -0.15) is 0 Å². The minimum absolute atomic E-state index is 0.149. The number of hydrogen-bond donors (Lipinski definition) is 2. The first-order valence-corrected chi connectivity index (χ1v) is 7.45. The summed E-state index contributed by atoms with van der Waals surface area (Å²) in [4.78, 5) is 22.1. The van der Waals surface area contributed by atoms with Crippen LogP contribution < -0.4 is 10.6 Å². The zero-order valence-electron chi connectivity index (χ0n) is 11.7. The normalized spacial score (nSPS) is 10.1. The molecule has 2 rings (SSSR count). The van der Waals surface area contributed by atoms with Crippen molar-refractivity contribution in [1.82, 2.24) is 5.32 Å². The molecule has 0 fully saturated rings. The van der Waals surface area contributed by atoms with Crippen molar-refractivity contribution in [2.45, 2.75) is 0 Å². The molecule has 24 heavy (non-hydrogen) atoms. The van der Waals surface area contributed by atoms with Crippen molar-refractivity contribution in [3.63, 3.8) is 0 Å². The molecule has 0 atom stereocenters. The van der Waals surface area contributed by atoms with Crippen LogP contribution in [-0.4, -0.2) is 15.9 Å². The van der Waals surface area contributed by atoms with E-state index in [1.165, 1.54) is 18.2 Å². The summed E-state index contributed by atoms with van der Waals surface area (Å²) >= 11 is 16.5. The molecular formula is C14H8Cl2FN3O3S. The highest BCUT2D eigenvalue weighted by molar-refractivity contribution is 7.80. The predicted molar refractivity (Wildman–Crippen MR) is 93.2 cm³/mol. The molecule has 0 aromatic heterocycles. The van der Waals surface area contributed by atoms with E-state index in [-0.39, 0.29) is 32.1 Å². The number of anilines is 1. The second-order valence-electron chi connectivity index (χ2n) is 4.49. The van der Waals surface area contributed by atoms with E-state index in [0.29, 0.717) is 0 Å². The summed E-state index contributed by atoms with van der Waals surface area (Å²) < 4.78 is 13.7. The maximum atomic E-state index is 13.7. The van der Waals surface area contributed by atoms with E-state index in [0.717, 1.165) is 18.2 Å².